The second-order valence-electron chi connectivity index (χ2n) is 10.4. The number of hydrogen-bond donors (Lipinski definition) is 1. The number of sulfonamides is 1. The summed E-state index contributed by atoms with van der Waals surface area (Å²) in [5.41, 5.74) is 3.16. The fraction of sp³-hybridized carbons (Fsp3) is 0.375. The lowest BCUT2D eigenvalue weighted by molar-refractivity contribution is -0.139. The molecule has 1 atom stereocenters. The van der Waals surface area contributed by atoms with Crippen molar-refractivity contribution in [2.45, 2.75) is 58.4 Å². The van der Waals surface area contributed by atoms with Gasteiger partial charge in [0.2, 0.25) is 11.8 Å². The van der Waals surface area contributed by atoms with Crippen molar-refractivity contribution in [2.75, 3.05) is 23.9 Å². The lowest BCUT2D eigenvalue weighted by atomic mass is 10.1. The Bertz CT molecular complexity index is 1380. The van der Waals surface area contributed by atoms with E-state index in [2.05, 4.69) is 5.32 Å². The SMILES string of the molecule is CC[C@@H](C(=O)NCC(C)C)N(CCc1ccccc1)C(=O)CN(c1cccc(C)c1C)S(=O)(=O)c1ccccc1. The van der Waals surface area contributed by atoms with Gasteiger partial charge in [-0.1, -0.05) is 81.4 Å². The second kappa shape index (κ2) is 14.1. The highest BCUT2D eigenvalue weighted by molar-refractivity contribution is 7.92. The van der Waals surface area contributed by atoms with Crippen LogP contribution in [0.25, 0.3) is 0 Å². The number of rotatable bonds is 13. The molecule has 0 aliphatic carbocycles. The average Bonchev–Trinajstić information content (AvgIpc) is 2.95. The van der Waals surface area contributed by atoms with Gasteiger partial charge in [0.05, 0.1) is 10.6 Å². The third-order valence-electron chi connectivity index (χ3n) is 7.01. The first-order valence-electron chi connectivity index (χ1n) is 13.8. The van der Waals surface area contributed by atoms with Gasteiger partial charge in [0.15, 0.2) is 0 Å². The lowest BCUT2D eigenvalue weighted by Crippen LogP contribution is -2.53. The summed E-state index contributed by atoms with van der Waals surface area (Å²) in [4.78, 5) is 29.0. The van der Waals surface area contributed by atoms with Crippen molar-refractivity contribution in [1.29, 1.82) is 0 Å². The first kappa shape index (κ1) is 30.9. The molecule has 8 heteroatoms. The Kier molecular flexibility index (Phi) is 10.9. The third-order valence-corrected chi connectivity index (χ3v) is 8.78. The van der Waals surface area contributed by atoms with Crippen LogP contribution in [0, 0.1) is 19.8 Å². The van der Waals surface area contributed by atoms with E-state index < -0.39 is 28.5 Å². The summed E-state index contributed by atoms with van der Waals surface area (Å²) in [5.74, 6) is -0.407. The number of benzene rings is 3. The Balaban J connectivity index is 2.02. The molecule has 214 valence electrons. The molecule has 0 heterocycles. The van der Waals surface area contributed by atoms with E-state index in [4.69, 9.17) is 0 Å². The van der Waals surface area contributed by atoms with Crippen LogP contribution in [-0.4, -0.2) is 50.8 Å². The molecule has 3 aromatic rings. The molecule has 3 rings (SSSR count). The predicted octanol–water partition coefficient (Wildman–Crippen LogP) is 5.12. The van der Waals surface area contributed by atoms with Crippen molar-refractivity contribution >= 4 is 27.5 Å². The molecule has 40 heavy (non-hydrogen) atoms. The Morgan fingerprint density at radius 3 is 2.10 bits per heavy atom. The van der Waals surface area contributed by atoms with Crippen LogP contribution in [0.4, 0.5) is 5.69 Å². The van der Waals surface area contributed by atoms with Gasteiger partial charge in [-0.3, -0.25) is 13.9 Å². The highest BCUT2D eigenvalue weighted by atomic mass is 32.2. The monoisotopic (exact) mass is 563 g/mol. The lowest BCUT2D eigenvalue weighted by Gasteiger charge is -2.33. The molecular weight excluding hydrogens is 522 g/mol. The molecule has 0 spiro atoms. The molecule has 2 amide bonds. The van der Waals surface area contributed by atoms with Crippen LogP contribution in [-0.2, 0) is 26.0 Å². The van der Waals surface area contributed by atoms with Crippen LogP contribution in [0.2, 0.25) is 0 Å². The first-order chi connectivity index (χ1) is 19.1. The summed E-state index contributed by atoms with van der Waals surface area (Å²) < 4.78 is 29.1. The summed E-state index contributed by atoms with van der Waals surface area (Å²) in [5, 5.41) is 2.96. The van der Waals surface area contributed by atoms with E-state index in [0.717, 1.165) is 16.7 Å². The summed E-state index contributed by atoms with van der Waals surface area (Å²) >= 11 is 0. The largest absolute Gasteiger partial charge is 0.354 e. The molecule has 0 aliphatic rings. The number of hydrogen-bond acceptors (Lipinski definition) is 4. The Labute approximate surface area is 239 Å². The fourth-order valence-electron chi connectivity index (χ4n) is 4.56. The van der Waals surface area contributed by atoms with Crippen molar-refractivity contribution < 1.29 is 18.0 Å². The summed E-state index contributed by atoms with van der Waals surface area (Å²) in [6, 6.07) is 22.6. The number of nitrogens with zero attached hydrogens (tertiary/aromatic N) is 2. The highest BCUT2D eigenvalue weighted by Crippen LogP contribution is 2.29. The van der Waals surface area contributed by atoms with Gasteiger partial charge < -0.3 is 10.2 Å². The van der Waals surface area contributed by atoms with E-state index in [0.29, 0.717) is 25.1 Å². The molecule has 0 saturated carbocycles. The zero-order valence-corrected chi connectivity index (χ0v) is 24.9. The van der Waals surface area contributed by atoms with Crippen molar-refractivity contribution in [3.8, 4) is 0 Å². The van der Waals surface area contributed by atoms with Crippen molar-refractivity contribution in [2.24, 2.45) is 5.92 Å². The van der Waals surface area contributed by atoms with E-state index in [9.17, 15) is 18.0 Å². The van der Waals surface area contributed by atoms with Gasteiger partial charge >= 0.3 is 0 Å². The smallest absolute Gasteiger partial charge is 0.264 e. The predicted molar refractivity (Wildman–Crippen MR) is 161 cm³/mol. The van der Waals surface area contributed by atoms with Crippen molar-refractivity contribution in [3.63, 3.8) is 0 Å². The number of nitrogens with one attached hydrogen (secondary N) is 1. The van der Waals surface area contributed by atoms with Crippen molar-refractivity contribution in [1.82, 2.24) is 10.2 Å². The van der Waals surface area contributed by atoms with E-state index in [1.807, 2.05) is 71.0 Å². The van der Waals surface area contributed by atoms with Gasteiger partial charge in [0.25, 0.3) is 10.0 Å². The minimum Gasteiger partial charge on any atom is -0.354 e. The second-order valence-corrected chi connectivity index (χ2v) is 12.3. The molecule has 7 nitrogen and oxygen atoms in total. The quantitative estimate of drug-likeness (QED) is 0.313. The summed E-state index contributed by atoms with van der Waals surface area (Å²) in [6.45, 7) is 9.99. The normalized spacial score (nSPS) is 12.2. The van der Waals surface area contributed by atoms with E-state index in [-0.39, 0.29) is 23.3 Å². The minimum atomic E-state index is -4.08. The number of anilines is 1. The van der Waals surface area contributed by atoms with Crippen LogP contribution in [0.15, 0.2) is 83.8 Å². The Hall–Kier alpha value is -3.65. The maximum atomic E-state index is 14.1. The van der Waals surface area contributed by atoms with Gasteiger partial charge in [0, 0.05) is 13.1 Å². The van der Waals surface area contributed by atoms with Crippen LogP contribution >= 0.6 is 0 Å². The molecule has 0 radical (unpaired) electrons. The standard InChI is InChI=1S/C32H41N3O4S/c1-6-29(32(37)33-22-24(2)3)34(21-20-27-15-9-7-10-16-27)31(36)23-35(30-19-13-14-25(4)26(30)5)40(38,39)28-17-11-8-12-18-28/h7-19,24,29H,6,20-23H2,1-5H3,(H,33,37)/t29-/m0/s1. The van der Waals surface area contributed by atoms with Gasteiger partial charge in [-0.2, -0.15) is 0 Å². The zero-order chi connectivity index (χ0) is 29.3. The number of carbonyl (C=O) groups is 2. The summed E-state index contributed by atoms with van der Waals surface area (Å²) in [7, 11) is -4.08. The number of amides is 2. The van der Waals surface area contributed by atoms with Crippen LogP contribution in [0.5, 0.6) is 0 Å². The maximum absolute atomic E-state index is 14.1. The maximum Gasteiger partial charge on any atom is 0.264 e. The summed E-state index contributed by atoms with van der Waals surface area (Å²) in [6.07, 6.45) is 0.939. The molecule has 0 aliphatic heterocycles. The average molecular weight is 564 g/mol. The van der Waals surface area contributed by atoms with Gasteiger partial charge in [-0.15, -0.1) is 0 Å². The minimum absolute atomic E-state index is 0.0984. The Morgan fingerprint density at radius 2 is 1.50 bits per heavy atom. The van der Waals surface area contributed by atoms with Crippen LogP contribution < -0.4 is 9.62 Å². The van der Waals surface area contributed by atoms with Crippen LogP contribution in [0.3, 0.4) is 0 Å². The topological polar surface area (TPSA) is 86.8 Å². The molecule has 0 fully saturated rings. The van der Waals surface area contributed by atoms with E-state index in [1.165, 1.54) is 16.4 Å². The molecule has 0 aromatic heterocycles. The van der Waals surface area contributed by atoms with Crippen LogP contribution in [0.1, 0.15) is 43.9 Å². The number of aryl methyl sites for hydroxylation is 1. The van der Waals surface area contributed by atoms with Gasteiger partial charge in [0.1, 0.15) is 12.6 Å². The number of carbonyl (C=O) groups excluding carboxylic acids is 2. The van der Waals surface area contributed by atoms with Crippen molar-refractivity contribution in [3.05, 3.63) is 95.6 Å². The van der Waals surface area contributed by atoms with E-state index in [1.54, 1.807) is 35.2 Å². The van der Waals surface area contributed by atoms with Gasteiger partial charge in [-0.25, -0.2) is 8.42 Å². The molecule has 0 saturated heterocycles. The Morgan fingerprint density at radius 1 is 0.875 bits per heavy atom. The zero-order valence-electron chi connectivity index (χ0n) is 24.1. The molecule has 0 bridgehead atoms. The fourth-order valence-corrected chi connectivity index (χ4v) is 6.05. The van der Waals surface area contributed by atoms with E-state index >= 15 is 0 Å². The van der Waals surface area contributed by atoms with Gasteiger partial charge in [-0.05, 0) is 67.5 Å². The molecule has 1 N–H and O–H groups in total. The highest BCUT2D eigenvalue weighted by Gasteiger charge is 2.34. The molecular formula is C32H41N3O4S. The molecule has 3 aromatic carbocycles. The molecule has 0 unspecified atom stereocenters. The first-order valence-corrected chi connectivity index (χ1v) is 15.2. The third kappa shape index (κ3) is 7.72.